The third kappa shape index (κ3) is 6.69. The number of benzene rings is 2. The van der Waals surface area contributed by atoms with Crippen LogP contribution in [0.5, 0.6) is 5.75 Å². The fourth-order valence-corrected chi connectivity index (χ4v) is 8.59. The third-order valence-electron chi connectivity index (χ3n) is 8.49. The third-order valence-corrected chi connectivity index (χ3v) is 11.2. The molecule has 3 aliphatic rings. The molecule has 0 saturated heterocycles. The van der Waals surface area contributed by atoms with Crippen LogP contribution in [-0.4, -0.2) is 55.9 Å². The molecule has 212 valence electrons. The second kappa shape index (κ2) is 11.9. The highest BCUT2D eigenvalue weighted by atomic mass is 35.5. The average Bonchev–Trinajstić information content (AvgIpc) is 3.02. The van der Waals surface area contributed by atoms with Crippen LogP contribution in [0.4, 0.5) is 5.69 Å². The summed E-state index contributed by atoms with van der Waals surface area (Å²) in [6, 6.07) is 11.4. The molecule has 39 heavy (non-hydrogen) atoms. The van der Waals surface area contributed by atoms with Crippen LogP contribution in [0.3, 0.4) is 0 Å². The number of hydrogen-bond donors (Lipinski definition) is 2. The highest BCUT2D eigenvalue weighted by molar-refractivity contribution is 7.99. The van der Waals surface area contributed by atoms with E-state index < -0.39 is 16.0 Å². The van der Waals surface area contributed by atoms with Crippen LogP contribution in [0.2, 0.25) is 5.02 Å². The summed E-state index contributed by atoms with van der Waals surface area (Å²) < 4.78 is 28.7. The summed E-state index contributed by atoms with van der Waals surface area (Å²) in [6.45, 7) is 2.19. The number of rotatable bonds is 10. The lowest BCUT2D eigenvalue weighted by Crippen LogP contribution is -2.49. The molecule has 0 radical (unpaired) electrons. The molecule has 10 heteroatoms. The second-order valence-electron chi connectivity index (χ2n) is 11.3. The van der Waals surface area contributed by atoms with E-state index in [1.54, 1.807) is 12.1 Å². The van der Waals surface area contributed by atoms with E-state index in [4.69, 9.17) is 21.5 Å². The molecule has 0 aromatic heterocycles. The smallest absolute Gasteiger partial charge is 0.335 e. The van der Waals surface area contributed by atoms with Gasteiger partial charge in [-0.15, -0.1) is 0 Å². The topological polar surface area (TPSA) is 110 Å². The van der Waals surface area contributed by atoms with E-state index in [0.717, 1.165) is 73.8 Å². The second-order valence-corrected chi connectivity index (χ2v) is 14.8. The van der Waals surface area contributed by atoms with Gasteiger partial charge in [0.1, 0.15) is 5.75 Å². The number of nitrogens with two attached hydrogens (primary N) is 1. The van der Waals surface area contributed by atoms with Gasteiger partial charge in [-0.2, -0.15) is 11.8 Å². The predicted molar refractivity (Wildman–Crippen MR) is 158 cm³/mol. The molecular weight excluding hydrogens is 556 g/mol. The zero-order chi connectivity index (χ0) is 27.6. The summed E-state index contributed by atoms with van der Waals surface area (Å²) in [6.07, 6.45) is 7.85. The maximum Gasteiger partial charge on any atom is 0.335 e. The van der Waals surface area contributed by atoms with Gasteiger partial charge in [0.25, 0.3) is 0 Å². The minimum Gasteiger partial charge on any atom is -0.490 e. The Bertz CT molecular complexity index is 1320. The van der Waals surface area contributed by atoms with E-state index in [1.165, 1.54) is 17.5 Å². The van der Waals surface area contributed by atoms with Crippen LogP contribution in [-0.2, 0) is 21.9 Å². The van der Waals surface area contributed by atoms with Gasteiger partial charge in [-0.3, -0.25) is 0 Å². The van der Waals surface area contributed by atoms with Gasteiger partial charge >= 0.3 is 5.97 Å². The molecule has 1 fully saturated rings. The summed E-state index contributed by atoms with van der Waals surface area (Å²) >= 11 is 8.34. The van der Waals surface area contributed by atoms with E-state index in [2.05, 4.69) is 17.0 Å². The first-order valence-corrected chi connectivity index (χ1v) is 16.9. The monoisotopic (exact) mass is 592 g/mol. The van der Waals surface area contributed by atoms with Crippen molar-refractivity contribution in [2.45, 2.75) is 62.0 Å². The zero-order valence-electron chi connectivity index (χ0n) is 22.1. The van der Waals surface area contributed by atoms with Gasteiger partial charge < -0.3 is 14.7 Å². The number of aryl methyl sites for hydroxylation is 1. The largest absolute Gasteiger partial charge is 0.490 e. The number of thioether (sulfide) groups is 1. The highest BCUT2D eigenvalue weighted by Gasteiger charge is 2.43. The van der Waals surface area contributed by atoms with Crippen molar-refractivity contribution in [1.82, 2.24) is 0 Å². The first kappa shape index (κ1) is 28.6. The summed E-state index contributed by atoms with van der Waals surface area (Å²) in [5.41, 5.74) is 3.54. The Morgan fingerprint density at radius 3 is 2.77 bits per heavy atom. The van der Waals surface area contributed by atoms with E-state index in [1.807, 2.05) is 23.9 Å². The lowest BCUT2D eigenvalue weighted by molar-refractivity contribution is 0.0697. The maximum absolute atomic E-state index is 11.8. The standard InChI is InChI=1S/C29H37ClN2O5S2/c30-23-8-9-24-20(15-23)5-4-12-29(24)18-32(25-16-21(28(33)34)6-10-26(25)37-19-29)17-22-7-11-27(22)38-13-2-1-3-14-39(31,35)36/h6,8-10,15-16,22,27H,1-5,7,11-14,17-19H2,(H,33,34)(H2,31,35,36)/t22-,27-,29?/m0/s1. The summed E-state index contributed by atoms with van der Waals surface area (Å²) in [7, 11) is -3.38. The Labute approximate surface area is 240 Å². The predicted octanol–water partition coefficient (Wildman–Crippen LogP) is 5.48. The van der Waals surface area contributed by atoms with Crippen LogP contribution in [0.15, 0.2) is 36.4 Å². The average molecular weight is 593 g/mol. The van der Waals surface area contributed by atoms with Crippen LogP contribution in [0.1, 0.15) is 66.4 Å². The van der Waals surface area contributed by atoms with Crippen LogP contribution in [0.25, 0.3) is 0 Å². The Morgan fingerprint density at radius 1 is 1.18 bits per heavy atom. The number of fused-ring (bicyclic) bond motifs is 3. The van der Waals surface area contributed by atoms with E-state index in [0.29, 0.717) is 24.2 Å². The van der Waals surface area contributed by atoms with Crippen molar-refractivity contribution in [2.75, 3.05) is 36.1 Å². The summed E-state index contributed by atoms with van der Waals surface area (Å²) in [5, 5.41) is 16.1. The Balaban J connectivity index is 1.33. The van der Waals surface area contributed by atoms with Gasteiger partial charge in [-0.25, -0.2) is 18.4 Å². The number of ether oxygens (including phenoxy) is 1. The van der Waals surface area contributed by atoms with Crippen molar-refractivity contribution in [1.29, 1.82) is 0 Å². The number of nitrogens with zero attached hydrogens (tertiary/aromatic N) is 1. The van der Waals surface area contributed by atoms with Crippen molar-refractivity contribution in [3.05, 3.63) is 58.1 Å². The molecule has 3 N–H and O–H groups in total. The number of unbranched alkanes of at least 4 members (excludes halogenated alkanes) is 2. The summed E-state index contributed by atoms with van der Waals surface area (Å²) in [5.74, 6) is 1.37. The van der Waals surface area contributed by atoms with E-state index in [-0.39, 0.29) is 16.7 Å². The van der Waals surface area contributed by atoms with Crippen molar-refractivity contribution >= 4 is 45.0 Å². The van der Waals surface area contributed by atoms with Gasteiger partial charge in [-0.05, 0) is 98.1 Å². The zero-order valence-corrected chi connectivity index (χ0v) is 24.5. The first-order valence-electron chi connectivity index (χ1n) is 13.8. The Morgan fingerprint density at radius 2 is 2.03 bits per heavy atom. The molecule has 7 nitrogen and oxygen atoms in total. The van der Waals surface area contributed by atoms with E-state index >= 15 is 0 Å². The van der Waals surface area contributed by atoms with Gasteiger partial charge in [0.15, 0.2) is 0 Å². The molecule has 1 heterocycles. The number of carboxylic acids is 1. The molecule has 5 rings (SSSR count). The van der Waals surface area contributed by atoms with E-state index in [9.17, 15) is 18.3 Å². The lowest BCUT2D eigenvalue weighted by Gasteiger charge is -2.44. The minimum atomic E-state index is -3.38. The fraction of sp³-hybridized carbons (Fsp3) is 0.552. The molecule has 2 aromatic carbocycles. The number of hydrogen-bond acceptors (Lipinski definition) is 6. The highest BCUT2D eigenvalue weighted by Crippen LogP contribution is 2.46. The fourth-order valence-electron chi connectivity index (χ4n) is 6.31. The number of aromatic carboxylic acids is 1. The maximum atomic E-state index is 11.8. The number of sulfonamides is 1. The molecule has 0 bridgehead atoms. The molecule has 1 saturated carbocycles. The molecule has 2 aromatic rings. The van der Waals surface area contributed by atoms with Crippen LogP contribution in [0, 0.1) is 5.92 Å². The molecule has 2 aliphatic carbocycles. The SMILES string of the molecule is NS(=O)(=O)CCCCCS[C@H]1CC[C@H]1CN1CC2(CCCc3cc(Cl)ccc32)COc2ccc(C(=O)O)cc21. The summed E-state index contributed by atoms with van der Waals surface area (Å²) in [4.78, 5) is 14.2. The van der Waals surface area contributed by atoms with Gasteiger partial charge in [-0.1, -0.05) is 24.1 Å². The molecule has 0 amide bonds. The van der Waals surface area contributed by atoms with Crippen molar-refractivity contribution < 1.29 is 23.1 Å². The normalized spacial score (nSPS) is 24.3. The number of anilines is 1. The van der Waals surface area contributed by atoms with Crippen LogP contribution >= 0.6 is 23.4 Å². The van der Waals surface area contributed by atoms with Crippen LogP contribution < -0.4 is 14.8 Å². The Kier molecular flexibility index (Phi) is 8.71. The Hall–Kier alpha value is -1.94. The van der Waals surface area contributed by atoms with Gasteiger partial charge in [0, 0.05) is 28.8 Å². The molecule has 1 unspecified atom stereocenters. The number of carboxylic acid groups (broad SMARTS) is 1. The molecule has 1 spiro atoms. The molecule has 3 atom stereocenters. The minimum absolute atomic E-state index is 0.0512. The molecular formula is C29H37ClN2O5S2. The first-order chi connectivity index (χ1) is 18.6. The number of carbonyl (C=O) groups is 1. The van der Waals surface area contributed by atoms with Gasteiger partial charge in [0.2, 0.25) is 10.0 Å². The number of primary sulfonamides is 1. The quantitative estimate of drug-likeness (QED) is 0.351. The van der Waals surface area contributed by atoms with Crippen molar-refractivity contribution in [3.63, 3.8) is 0 Å². The van der Waals surface area contributed by atoms with Gasteiger partial charge in [0.05, 0.1) is 23.6 Å². The molecule has 1 aliphatic heterocycles. The van der Waals surface area contributed by atoms with Crippen molar-refractivity contribution in [3.8, 4) is 5.75 Å². The van der Waals surface area contributed by atoms with Crippen molar-refractivity contribution in [2.24, 2.45) is 11.1 Å². The number of halogens is 1. The lowest BCUT2D eigenvalue weighted by atomic mass is 9.70.